The number of Topliss-reactive ketones (excluding diaryl/α,β-unsaturated/α-hetero) is 1. The number of hydrogen-bond acceptors (Lipinski definition) is 2. The Morgan fingerprint density at radius 2 is 2.00 bits per heavy atom. The molecule has 0 amide bonds. The summed E-state index contributed by atoms with van der Waals surface area (Å²) in [7, 11) is 0. The van der Waals surface area contributed by atoms with Gasteiger partial charge in [-0.1, -0.05) is 32.6 Å². The Hall–Kier alpha value is -0.370. The van der Waals surface area contributed by atoms with Gasteiger partial charge in [-0.3, -0.25) is 4.79 Å². The minimum Gasteiger partial charge on any atom is -0.327 e. The van der Waals surface area contributed by atoms with Crippen LogP contribution in [0.4, 0.5) is 0 Å². The van der Waals surface area contributed by atoms with Gasteiger partial charge in [0.15, 0.2) is 0 Å². The van der Waals surface area contributed by atoms with Crippen LogP contribution in [0.3, 0.4) is 0 Å². The predicted octanol–water partition coefficient (Wildman–Crippen LogP) is 2.65. The molecular formula is C12H23NO. The van der Waals surface area contributed by atoms with Crippen LogP contribution in [0.15, 0.2) is 0 Å². The van der Waals surface area contributed by atoms with Gasteiger partial charge in [-0.25, -0.2) is 0 Å². The highest BCUT2D eigenvalue weighted by atomic mass is 16.1. The largest absolute Gasteiger partial charge is 0.327 e. The highest BCUT2D eigenvalue weighted by molar-refractivity contribution is 5.81. The van der Waals surface area contributed by atoms with Gasteiger partial charge in [0.05, 0.1) is 0 Å². The van der Waals surface area contributed by atoms with E-state index in [0.717, 1.165) is 25.7 Å². The molecule has 0 spiro atoms. The zero-order chi connectivity index (χ0) is 10.4. The Labute approximate surface area is 87.2 Å². The molecule has 0 saturated heterocycles. The maximum Gasteiger partial charge on any atom is 0.137 e. The van der Waals surface area contributed by atoms with Crippen molar-refractivity contribution in [1.29, 1.82) is 0 Å². The Balaban J connectivity index is 2.27. The van der Waals surface area contributed by atoms with Crippen molar-refractivity contribution in [2.45, 2.75) is 64.3 Å². The van der Waals surface area contributed by atoms with Gasteiger partial charge in [0.25, 0.3) is 0 Å². The van der Waals surface area contributed by atoms with Crippen molar-refractivity contribution in [2.75, 3.05) is 0 Å². The van der Waals surface area contributed by atoms with E-state index in [1.807, 2.05) is 0 Å². The van der Waals surface area contributed by atoms with Gasteiger partial charge in [0.2, 0.25) is 0 Å². The smallest absolute Gasteiger partial charge is 0.137 e. The fourth-order valence-electron chi connectivity index (χ4n) is 2.29. The van der Waals surface area contributed by atoms with E-state index in [0.29, 0.717) is 5.78 Å². The van der Waals surface area contributed by atoms with E-state index in [2.05, 4.69) is 6.92 Å². The van der Waals surface area contributed by atoms with Crippen molar-refractivity contribution in [3.05, 3.63) is 0 Å². The van der Waals surface area contributed by atoms with E-state index >= 15 is 0 Å². The van der Waals surface area contributed by atoms with Crippen LogP contribution in [0.1, 0.15) is 58.3 Å². The molecule has 0 bridgehead atoms. The lowest BCUT2D eigenvalue weighted by atomic mass is 9.81. The highest BCUT2D eigenvalue weighted by Gasteiger charge is 2.27. The molecular weight excluding hydrogens is 174 g/mol. The number of hydrogen-bond donors (Lipinski definition) is 1. The lowest BCUT2D eigenvalue weighted by molar-refractivity contribution is -0.124. The molecule has 2 unspecified atom stereocenters. The van der Waals surface area contributed by atoms with Crippen molar-refractivity contribution >= 4 is 5.78 Å². The quantitative estimate of drug-likeness (QED) is 0.688. The Morgan fingerprint density at radius 1 is 1.29 bits per heavy atom. The number of rotatable bonds is 5. The van der Waals surface area contributed by atoms with E-state index in [9.17, 15) is 4.79 Å². The molecule has 0 aliphatic heterocycles. The van der Waals surface area contributed by atoms with E-state index in [1.165, 1.54) is 25.7 Å². The predicted molar refractivity (Wildman–Crippen MR) is 59.1 cm³/mol. The standard InChI is InChI=1S/C12H23NO/c1-2-3-4-9-12(14)10-7-5-6-8-11(10)13/h10-11H,2-9,13H2,1H3. The minimum absolute atomic E-state index is 0.151. The van der Waals surface area contributed by atoms with Crippen molar-refractivity contribution in [2.24, 2.45) is 11.7 Å². The summed E-state index contributed by atoms with van der Waals surface area (Å²) in [5, 5.41) is 0. The molecule has 1 aliphatic rings. The van der Waals surface area contributed by atoms with E-state index in [1.54, 1.807) is 0 Å². The second kappa shape index (κ2) is 6.18. The SMILES string of the molecule is CCCCCC(=O)C1CCCCC1N. The van der Waals surface area contributed by atoms with E-state index in [4.69, 9.17) is 5.73 Å². The number of carbonyl (C=O) groups excluding carboxylic acids is 1. The van der Waals surface area contributed by atoms with Crippen molar-refractivity contribution in [1.82, 2.24) is 0 Å². The molecule has 1 aliphatic carbocycles. The molecule has 1 saturated carbocycles. The second-order valence-corrected chi connectivity index (χ2v) is 4.48. The molecule has 0 aromatic rings. The highest BCUT2D eigenvalue weighted by Crippen LogP contribution is 2.25. The van der Waals surface area contributed by atoms with Gasteiger partial charge < -0.3 is 5.73 Å². The lowest BCUT2D eigenvalue weighted by Crippen LogP contribution is -2.37. The first kappa shape index (κ1) is 11.7. The van der Waals surface area contributed by atoms with Gasteiger partial charge in [-0.05, 0) is 19.3 Å². The molecule has 82 valence electrons. The molecule has 0 heterocycles. The summed E-state index contributed by atoms with van der Waals surface area (Å²) < 4.78 is 0. The molecule has 1 fully saturated rings. The second-order valence-electron chi connectivity index (χ2n) is 4.48. The molecule has 2 N–H and O–H groups in total. The van der Waals surface area contributed by atoms with Crippen LogP contribution in [0.25, 0.3) is 0 Å². The Morgan fingerprint density at radius 3 is 2.64 bits per heavy atom. The van der Waals surface area contributed by atoms with Crippen molar-refractivity contribution in [3.63, 3.8) is 0 Å². The van der Waals surface area contributed by atoms with Crippen LogP contribution in [-0.4, -0.2) is 11.8 Å². The summed E-state index contributed by atoms with van der Waals surface area (Å²) >= 11 is 0. The number of carbonyl (C=O) groups is 1. The monoisotopic (exact) mass is 197 g/mol. The third kappa shape index (κ3) is 3.41. The third-order valence-corrected chi connectivity index (χ3v) is 3.26. The van der Waals surface area contributed by atoms with Crippen LogP contribution < -0.4 is 5.73 Å². The summed E-state index contributed by atoms with van der Waals surface area (Å²) in [5.41, 5.74) is 5.96. The van der Waals surface area contributed by atoms with Crippen LogP contribution in [0.5, 0.6) is 0 Å². The van der Waals surface area contributed by atoms with Gasteiger partial charge in [-0.2, -0.15) is 0 Å². The fourth-order valence-corrected chi connectivity index (χ4v) is 2.29. The van der Waals surface area contributed by atoms with Crippen molar-refractivity contribution in [3.8, 4) is 0 Å². The van der Waals surface area contributed by atoms with Crippen molar-refractivity contribution < 1.29 is 4.79 Å². The molecule has 2 heteroatoms. The number of nitrogens with two attached hydrogens (primary N) is 1. The first-order valence-electron chi connectivity index (χ1n) is 6.04. The zero-order valence-electron chi connectivity index (χ0n) is 9.30. The average Bonchev–Trinajstić information content (AvgIpc) is 2.18. The molecule has 0 aromatic carbocycles. The topological polar surface area (TPSA) is 43.1 Å². The lowest BCUT2D eigenvalue weighted by Gasteiger charge is -2.27. The van der Waals surface area contributed by atoms with E-state index in [-0.39, 0.29) is 12.0 Å². The molecule has 0 aromatic heterocycles. The maximum atomic E-state index is 11.8. The molecule has 2 atom stereocenters. The van der Waals surface area contributed by atoms with Crippen LogP contribution in [0.2, 0.25) is 0 Å². The normalized spacial score (nSPS) is 27.6. The minimum atomic E-state index is 0.151. The summed E-state index contributed by atoms with van der Waals surface area (Å²) in [5.74, 6) is 0.603. The summed E-state index contributed by atoms with van der Waals surface area (Å²) in [4.78, 5) is 11.8. The maximum absolute atomic E-state index is 11.8. The average molecular weight is 197 g/mol. The van der Waals surface area contributed by atoms with E-state index < -0.39 is 0 Å². The van der Waals surface area contributed by atoms with Crippen LogP contribution in [0, 0.1) is 5.92 Å². The van der Waals surface area contributed by atoms with Gasteiger partial charge >= 0.3 is 0 Å². The number of ketones is 1. The van der Waals surface area contributed by atoms with Gasteiger partial charge in [0.1, 0.15) is 5.78 Å². The molecule has 2 nitrogen and oxygen atoms in total. The van der Waals surface area contributed by atoms with Crippen LogP contribution in [-0.2, 0) is 4.79 Å². The first-order valence-corrected chi connectivity index (χ1v) is 6.04. The number of unbranched alkanes of at least 4 members (excludes halogenated alkanes) is 2. The Kier molecular flexibility index (Phi) is 5.16. The fraction of sp³-hybridized carbons (Fsp3) is 0.917. The molecule has 0 radical (unpaired) electrons. The zero-order valence-corrected chi connectivity index (χ0v) is 9.30. The summed E-state index contributed by atoms with van der Waals surface area (Å²) in [6.07, 6.45) is 8.65. The third-order valence-electron chi connectivity index (χ3n) is 3.26. The molecule has 1 rings (SSSR count). The molecule has 14 heavy (non-hydrogen) atoms. The van der Waals surface area contributed by atoms with Gasteiger partial charge in [-0.15, -0.1) is 0 Å². The Bertz CT molecular complexity index is 179. The summed E-state index contributed by atoms with van der Waals surface area (Å²) in [6.45, 7) is 2.16. The van der Waals surface area contributed by atoms with Crippen LogP contribution >= 0.6 is 0 Å². The first-order chi connectivity index (χ1) is 6.75. The summed E-state index contributed by atoms with van der Waals surface area (Å²) in [6, 6.07) is 0.151. The van der Waals surface area contributed by atoms with Gasteiger partial charge in [0, 0.05) is 18.4 Å².